The Morgan fingerprint density at radius 3 is 2.00 bits per heavy atom. The maximum absolute atomic E-state index is 13.1. The van der Waals surface area contributed by atoms with Crippen molar-refractivity contribution < 1.29 is 26.0 Å². The molecule has 0 amide bonds. The number of hydrogen-bond donors (Lipinski definition) is 0. The molecular formula is C13H7ClF4O2S. The average molecular weight is 339 g/mol. The van der Waals surface area contributed by atoms with Gasteiger partial charge in [-0.3, -0.25) is 0 Å². The van der Waals surface area contributed by atoms with Crippen LogP contribution in [0, 0.1) is 5.82 Å². The molecule has 0 aromatic heterocycles. The zero-order valence-electron chi connectivity index (χ0n) is 10.2. The maximum atomic E-state index is 13.1. The van der Waals surface area contributed by atoms with Crippen LogP contribution in [0.3, 0.4) is 0 Å². The highest BCUT2D eigenvalue weighted by Gasteiger charge is 2.35. The average Bonchev–Trinajstić information content (AvgIpc) is 2.37. The lowest BCUT2D eigenvalue weighted by Crippen LogP contribution is -2.08. The Labute approximate surface area is 122 Å². The summed E-state index contributed by atoms with van der Waals surface area (Å²) in [5.41, 5.74) is -1.30. The van der Waals surface area contributed by atoms with E-state index in [0.29, 0.717) is 6.07 Å². The molecule has 0 saturated carbocycles. The third-order valence-corrected chi connectivity index (χ3v) is 4.08. The van der Waals surface area contributed by atoms with E-state index in [9.17, 15) is 26.0 Å². The molecule has 0 bridgehead atoms. The van der Waals surface area contributed by atoms with Gasteiger partial charge in [-0.1, -0.05) is 18.2 Å². The molecule has 2 aromatic rings. The van der Waals surface area contributed by atoms with Gasteiger partial charge in [0.05, 0.1) is 10.5 Å². The van der Waals surface area contributed by atoms with Crippen molar-refractivity contribution in [3.8, 4) is 11.1 Å². The molecule has 0 atom stereocenters. The maximum Gasteiger partial charge on any atom is 0.417 e. The van der Waals surface area contributed by atoms with Crippen LogP contribution < -0.4 is 0 Å². The van der Waals surface area contributed by atoms with Gasteiger partial charge in [0.15, 0.2) is 0 Å². The molecule has 8 heteroatoms. The molecule has 0 radical (unpaired) electrons. The summed E-state index contributed by atoms with van der Waals surface area (Å²) in [5, 5.41) is 0. The molecule has 0 aliphatic heterocycles. The molecule has 112 valence electrons. The highest BCUT2D eigenvalue weighted by atomic mass is 35.7. The molecule has 0 aliphatic rings. The molecular weight excluding hydrogens is 332 g/mol. The van der Waals surface area contributed by atoms with Gasteiger partial charge in [-0.25, -0.2) is 12.8 Å². The van der Waals surface area contributed by atoms with Gasteiger partial charge in [0, 0.05) is 10.7 Å². The fraction of sp³-hybridized carbons (Fsp3) is 0.0769. The van der Waals surface area contributed by atoms with Gasteiger partial charge in [-0.15, -0.1) is 0 Å². The first-order valence-corrected chi connectivity index (χ1v) is 7.82. The van der Waals surface area contributed by atoms with Gasteiger partial charge in [0.1, 0.15) is 5.82 Å². The van der Waals surface area contributed by atoms with Crippen LogP contribution in [-0.4, -0.2) is 8.42 Å². The van der Waals surface area contributed by atoms with Crippen LogP contribution in [0.15, 0.2) is 47.4 Å². The van der Waals surface area contributed by atoms with Gasteiger partial charge >= 0.3 is 6.18 Å². The third kappa shape index (κ3) is 3.54. The Kier molecular flexibility index (Phi) is 3.99. The van der Waals surface area contributed by atoms with Crippen molar-refractivity contribution in [1.29, 1.82) is 0 Å². The van der Waals surface area contributed by atoms with E-state index in [0.717, 1.165) is 24.3 Å². The second-order valence-corrected chi connectivity index (χ2v) is 6.72. The van der Waals surface area contributed by atoms with Crippen LogP contribution in [0.5, 0.6) is 0 Å². The molecule has 2 nitrogen and oxygen atoms in total. The largest absolute Gasteiger partial charge is 0.417 e. The van der Waals surface area contributed by atoms with Crippen LogP contribution in [0.2, 0.25) is 0 Å². The number of hydrogen-bond acceptors (Lipinski definition) is 2. The smallest absolute Gasteiger partial charge is 0.207 e. The lowest BCUT2D eigenvalue weighted by molar-refractivity contribution is -0.137. The number of benzene rings is 2. The van der Waals surface area contributed by atoms with Crippen molar-refractivity contribution in [2.45, 2.75) is 11.1 Å². The molecule has 0 fully saturated rings. The summed E-state index contributed by atoms with van der Waals surface area (Å²) in [6.45, 7) is 0. The normalized spacial score (nSPS) is 12.4. The quantitative estimate of drug-likeness (QED) is 0.599. The van der Waals surface area contributed by atoms with E-state index in [-0.39, 0.29) is 11.1 Å². The Morgan fingerprint density at radius 1 is 0.952 bits per heavy atom. The Morgan fingerprint density at radius 2 is 1.52 bits per heavy atom. The van der Waals surface area contributed by atoms with Crippen LogP contribution in [0.25, 0.3) is 11.1 Å². The van der Waals surface area contributed by atoms with Crippen LogP contribution in [0.1, 0.15) is 5.56 Å². The third-order valence-electron chi connectivity index (χ3n) is 2.73. The van der Waals surface area contributed by atoms with E-state index in [4.69, 9.17) is 10.7 Å². The van der Waals surface area contributed by atoms with Gasteiger partial charge in [0.2, 0.25) is 0 Å². The topological polar surface area (TPSA) is 34.1 Å². The van der Waals surface area contributed by atoms with Crippen LogP contribution in [0.4, 0.5) is 17.6 Å². The Bertz CT molecular complexity index is 768. The predicted octanol–water partition coefficient (Wildman–Crippen LogP) is 4.44. The molecule has 0 spiro atoms. The minimum atomic E-state index is -4.78. The van der Waals surface area contributed by atoms with E-state index >= 15 is 0 Å². The number of halogens is 5. The van der Waals surface area contributed by atoms with Crippen LogP contribution >= 0.6 is 10.7 Å². The fourth-order valence-electron chi connectivity index (χ4n) is 1.79. The van der Waals surface area contributed by atoms with E-state index in [1.165, 1.54) is 12.1 Å². The zero-order valence-corrected chi connectivity index (χ0v) is 11.7. The summed E-state index contributed by atoms with van der Waals surface area (Å²) in [5.74, 6) is -0.590. The van der Waals surface area contributed by atoms with Crippen molar-refractivity contribution in [2.24, 2.45) is 0 Å². The molecule has 0 heterocycles. The van der Waals surface area contributed by atoms with E-state index in [1.807, 2.05) is 0 Å². The SMILES string of the molecule is O=S(=O)(Cl)c1ccc(-c2ccc(F)cc2)c(C(F)(F)F)c1. The van der Waals surface area contributed by atoms with Gasteiger partial charge < -0.3 is 0 Å². The van der Waals surface area contributed by atoms with Crippen molar-refractivity contribution >= 4 is 19.7 Å². The molecule has 2 aromatic carbocycles. The standard InChI is InChI=1S/C13H7ClF4O2S/c14-21(19,20)10-5-6-11(12(7-10)13(16,17)18)8-1-3-9(15)4-2-8/h1-7H. The Hall–Kier alpha value is -1.60. The minimum absolute atomic E-state index is 0.113. The molecule has 0 N–H and O–H groups in total. The van der Waals surface area contributed by atoms with Crippen molar-refractivity contribution in [3.63, 3.8) is 0 Å². The number of alkyl halides is 3. The molecule has 0 aliphatic carbocycles. The molecule has 0 saturated heterocycles. The summed E-state index contributed by atoms with van der Waals surface area (Å²) < 4.78 is 74.4. The minimum Gasteiger partial charge on any atom is -0.207 e. The summed E-state index contributed by atoms with van der Waals surface area (Å²) >= 11 is 0. The van der Waals surface area contributed by atoms with Gasteiger partial charge in [-0.05, 0) is 35.4 Å². The van der Waals surface area contributed by atoms with Crippen LogP contribution in [-0.2, 0) is 15.2 Å². The van der Waals surface area contributed by atoms with E-state index in [1.54, 1.807) is 0 Å². The lowest BCUT2D eigenvalue weighted by atomic mass is 9.99. The van der Waals surface area contributed by atoms with E-state index < -0.39 is 31.5 Å². The molecule has 0 unspecified atom stereocenters. The first kappa shape index (κ1) is 15.8. The lowest BCUT2D eigenvalue weighted by Gasteiger charge is -2.14. The summed E-state index contributed by atoms with van der Waals surface area (Å²) in [6, 6.07) is 6.80. The second-order valence-electron chi connectivity index (χ2n) is 4.15. The summed E-state index contributed by atoms with van der Waals surface area (Å²) in [7, 11) is 0.776. The fourth-order valence-corrected chi connectivity index (χ4v) is 2.57. The highest BCUT2D eigenvalue weighted by Crippen LogP contribution is 2.38. The first-order chi connectivity index (χ1) is 9.59. The zero-order chi connectivity index (χ0) is 15.8. The monoisotopic (exact) mass is 338 g/mol. The Balaban J connectivity index is 2.69. The van der Waals surface area contributed by atoms with Gasteiger partial charge in [0.25, 0.3) is 9.05 Å². The van der Waals surface area contributed by atoms with Gasteiger partial charge in [-0.2, -0.15) is 13.2 Å². The highest BCUT2D eigenvalue weighted by molar-refractivity contribution is 8.13. The van der Waals surface area contributed by atoms with Crippen molar-refractivity contribution in [1.82, 2.24) is 0 Å². The van der Waals surface area contributed by atoms with Crippen molar-refractivity contribution in [3.05, 3.63) is 53.8 Å². The molecule has 21 heavy (non-hydrogen) atoms. The van der Waals surface area contributed by atoms with E-state index in [2.05, 4.69) is 0 Å². The molecule has 2 rings (SSSR count). The predicted molar refractivity (Wildman–Crippen MR) is 69.9 cm³/mol. The first-order valence-electron chi connectivity index (χ1n) is 5.51. The summed E-state index contributed by atoms with van der Waals surface area (Å²) in [4.78, 5) is -0.651. The van der Waals surface area contributed by atoms with Crippen molar-refractivity contribution in [2.75, 3.05) is 0 Å². The number of rotatable bonds is 2. The summed E-state index contributed by atoms with van der Waals surface area (Å²) in [6.07, 6.45) is -4.78. The second kappa shape index (κ2) is 5.31.